The monoisotopic (exact) mass is 394 g/mol. The zero-order chi connectivity index (χ0) is 20.9. The third kappa shape index (κ3) is 4.36. The molecule has 30 heavy (non-hydrogen) atoms. The minimum Gasteiger partial charge on any atom is -0.478 e. The predicted molar refractivity (Wildman–Crippen MR) is 120 cm³/mol. The first-order valence-electron chi connectivity index (χ1n) is 9.57. The van der Waals surface area contributed by atoms with E-state index in [1.807, 2.05) is 48.5 Å². The van der Waals surface area contributed by atoms with Gasteiger partial charge in [-0.3, -0.25) is 0 Å². The Kier molecular flexibility index (Phi) is 5.53. The van der Waals surface area contributed by atoms with Gasteiger partial charge in [-0.15, -0.1) is 0 Å². The molecule has 4 aromatic rings. The quantitative estimate of drug-likeness (QED) is 0.369. The van der Waals surface area contributed by atoms with Crippen LogP contribution >= 0.6 is 0 Å². The number of hydrogen-bond acceptors (Lipinski definition) is 1. The lowest BCUT2D eigenvalue weighted by molar-refractivity contribution is 0.0696. The smallest absolute Gasteiger partial charge is 0.336 e. The Labute approximate surface area is 174 Å². The molecule has 0 fully saturated rings. The van der Waals surface area contributed by atoms with E-state index < -0.39 is 5.97 Å². The van der Waals surface area contributed by atoms with Crippen LogP contribution in [0.4, 0.5) is 4.39 Å². The molecule has 4 aromatic carbocycles. The molecule has 3 heteroatoms. The average molecular weight is 394 g/mol. The van der Waals surface area contributed by atoms with E-state index in [0.717, 1.165) is 27.8 Å². The van der Waals surface area contributed by atoms with Crippen LogP contribution < -0.4 is 0 Å². The summed E-state index contributed by atoms with van der Waals surface area (Å²) < 4.78 is 13.2. The standard InChI is InChI=1S/C27H19FO2/c28-25-14-11-21(12-15-25)23-13-16-26(27(29)30)24(18-23)10-9-19-5-4-8-22(17-19)20-6-2-1-3-7-20/h1-18H,(H,29,30)/b10-9+. The first kappa shape index (κ1) is 19.3. The summed E-state index contributed by atoms with van der Waals surface area (Å²) in [6.07, 6.45) is 3.71. The SMILES string of the molecule is O=C(O)c1ccc(-c2ccc(F)cc2)cc1/C=C/c1cccc(-c2ccccc2)c1. The topological polar surface area (TPSA) is 37.3 Å². The van der Waals surface area contributed by atoms with Crippen LogP contribution in [0.15, 0.2) is 97.1 Å². The molecule has 0 saturated heterocycles. The summed E-state index contributed by atoms with van der Waals surface area (Å²) in [7, 11) is 0. The third-order valence-corrected chi connectivity index (χ3v) is 4.91. The number of carbonyl (C=O) groups is 1. The second kappa shape index (κ2) is 8.58. The highest BCUT2D eigenvalue weighted by atomic mass is 19.1. The number of carboxylic acids is 1. The van der Waals surface area contributed by atoms with Crippen molar-refractivity contribution in [2.24, 2.45) is 0 Å². The Morgan fingerprint density at radius 1 is 0.667 bits per heavy atom. The van der Waals surface area contributed by atoms with Crippen LogP contribution in [0.2, 0.25) is 0 Å². The zero-order valence-corrected chi connectivity index (χ0v) is 16.1. The maximum Gasteiger partial charge on any atom is 0.336 e. The van der Waals surface area contributed by atoms with Crippen LogP contribution in [0.3, 0.4) is 0 Å². The summed E-state index contributed by atoms with van der Waals surface area (Å²) in [5.74, 6) is -1.29. The lowest BCUT2D eigenvalue weighted by atomic mass is 9.97. The van der Waals surface area contributed by atoms with Crippen molar-refractivity contribution in [3.05, 3.63) is 120 Å². The van der Waals surface area contributed by atoms with Crippen molar-refractivity contribution in [3.63, 3.8) is 0 Å². The molecule has 2 nitrogen and oxygen atoms in total. The van der Waals surface area contributed by atoms with Gasteiger partial charge < -0.3 is 5.11 Å². The summed E-state index contributed by atoms with van der Waals surface area (Å²) in [5, 5.41) is 9.57. The molecule has 0 saturated carbocycles. The van der Waals surface area contributed by atoms with E-state index in [-0.39, 0.29) is 11.4 Å². The van der Waals surface area contributed by atoms with E-state index in [9.17, 15) is 14.3 Å². The molecule has 0 aliphatic carbocycles. The first-order chi connectivity index (χ1) is 14.6. The highest BCUT2D eigenvalue weighted by Crippen LogP contribution is 2.25. The van der Waals surface area contributed by atoms with Crippen LogP contribution in [-0.4, -0.2) is 11.1 Å². The van der Waals surface area contributed by atoms with Crippen LogP contribution in [0.25, 0.3) is 34.4 Å². The van der Waals surface area contributed by atoms with Crippen LogP contribution in [0, 0.1) is 5.82 Å². The van der Waals surface area contributed by atoms with Gasteiger partial charge in [0.1, 0.15) is 5.82 Å². The Hall–Kier alpha value is -3.98. The van der Waals surface area contributed by atoms with Crippen molar-refractivity contribution < 1.29 is 14.3 Å². The summed E-state index contributed by atoms with van der Waals surface area (Å²) in [6, 6.07) is 29.4. The van der Waals surface area contributed by atoms with Crippen molar-refractivity contribution in [1.82, 2.24) is 0 Å². The number of carboxylic acid groups (broad SMARTS) is 1. The number of aromatic carboxylic acids is 1. The Morgan fingerprint density at radius 3 is 2.03 bits per heavy atom. The Balaban J connectivity index is 1.69. The van der Waals surface area contributed by atoms with E-state index in [1.165, 1.54) is 12.1 Å². The predicted octanol–water partition coefficient (Wildman–Crippen LogP) is 7.03. The van der Waals surface area contributed by atoms with Crippen molar-refractivity contribution >= 4 is 18.1 Å². The highest BCUT2D eigenvalue weighted by Gasteiger charge is 2.10. The van der Waals surface area contributed by atoms with E-state index in [2.05, 4.69) is 18.2 Å². The maximum absolute atomic E-state index is 13.2. The van der Waals surface area contributed by atoms with E-state index in [4.69, 9.17) is 0 Å². The molecular formula is C27H19FO2. The van der Waals surface area contributed by atoms with Crippen molar-refractivity contribution in [2.75, 3.05) is 0 Å². The maximum atomic E-state index is 13.2. The van der Waals surface area contributed by atoms with Gasteiger partial charge in [0.05, 0.1) is 5.56 Å². The molecule has 0 aliphatic rings. The Bertz CT molecular complexity index is 1210. The van der Waals surface area contributed by atoms with Gasteiger partial charge in [-0.1, -0.05) is 78.9 Å². The minimum atomic E-state index is -0.988. The van der Waals surface area contributed by atoms with Crippen LogP contribution in [-0.2, 0) is 0 Å². The minimum absolute atomic E-state index is 0.219. The normalized spacial score (nSPS) is 11.0. The highest BCUT2D eigenvalue weighted by molar-refractivity contribution is 5.94. The van der Waals surface area contributed by atoms with Gasteiger partial charge in [-0.25, -0.2) is 9.18 Å². The zero-order valence-electron chi connectivity index (χ0n) is 16.1. The second-order valence-corrected chi connectivity index (χ2v) is 6.94. The molecule has 1 N–H and O–H groups in total. The summed E-state index contributed by atoms with van der Waals surface area (Å²) in [6.45, 7) is 0. The number of benzene rings is 4. The third-order valence-electron chi connectivity index (χ3n) is 4.91. The van der Waals surface area contributed by atoms with Gasteiger partial charge in [0.15, 0.2) is 0 Å². The molecule has 146 valence electrons. The number of halogens is 1. The largest absolute Gasteiger partial charge is 0.478 e. The fourth-order valence-electron chi connectivity index (χ4n) is 3.36. The van der Waals surface area contributed by atoms with Gasteiger partial charge in [0.25, 0.3) is 0 Å². The molecule has 0 aromatic heterocycles. The van der Waals surface area contributed by atoms with Gasteiger partial charge in [0.2, 0.25) is 0 Å². The average Bonchev–Trinajstić information content (AvgIpc) is 2.79. The first-order valence-corrected chi connectivity index (χ1v) is 9.57. The molecule has 0 radical (unpaired) electrons. The molecule has 4 rings (SSSR count). The van der Waals surface area contributed by atoms with E-state index in [1.54, 1.807) is 30.3 Å². The molecule has 0 bridgehead atoms. The van der Waals surface area contributed by atoms with Gasteiger partial charge in [0, 0.05) is 0 Å². The molecule has 0 aliphatic heterocycles. The number of hydrogen-bond donors (Lipinski definition) is 1. The van der Waals surface area contributed by atoms with Crippen LogP contribution in [0.5, 0.6) is 0 Å². The summed E-state index contributed by atoms with van der Waals surface area (Å²) in [5.41, 5.74) is 5.66. The molecule has 0 spiro atoms. The molecule has 0 unspecified atom stereocenters. The van der Waals surface area contributed by atoms with Crippen molar-refractivity contribution in [3.8, 4) is 22.3 Å². The fraction of sp³-hybridized carbons (Fsp3) is 0. The second-order valence-electron chi connectivity index (χ2n) is 6.94. The lowest BCUT2D eigenvalue weighted by Gasteiger charge is -2.07. The molecule has 0 atom stereocenters. The van der Waals surface area contributed by atoms with Gasteiger partial charge in [-0.2, -0.15) is 0 Å². The molecule has 0 amide bonds. The van der Waals surface area contributed by atoms with Gasteiger partial charge in [-0.05, 0) is 63.7 Å². The molecule has 0 heterocycles. The van der Waals surface area contributed by atoms with E-state index >= 15 is 0 Å². The summed E-state index contributed by atoms with van der Waals surface area (Å²) in [4.78, 5) is 11.7. The number of rotatable bonds is 5. The van der Waals surface area contributed by atoms with Crippen molar-refractivity contribution in [2.45, 2.75) is 0 Å². The summed E-state index contributed by atoms with van der Waals surface area (Å²) >= 11 is 0. The fourth-order valence-corrected chi connectivity index (χ4v) is 3.36. The van der Waals surface area contributed by atoms with Crippen LogP contribution in [0.1, 0.15) is 21.5 Å². The lowest BCUT2D eigenvalue weighted by Crippen LogP contribution is -1.99. The van der Waals surface area contributed by atoms with Gasteiger partial charge >= 0.3 is 5.97 Å². The van der Waals surface area contributed by atoms with E-state index in [0.29, 0.717) is 5.56 Å². The molecular weight excluding hydrogens is 375 g/mol. The Morgan fingerprint density at radius 2 is 1.30 bits per heavy atom. The van der Waals surface area contributed by atoms with Crippen molar-refractivity contribution in [1.29, 1.82) is 0 Å².